The number of carbonyl (C=O) groups is 2. The van der Waals surface area contributed by atoms with Gasteiger partial charge in [0.25, 0.3) is 0 Å². The molecule has 0 aliphatic heterocycles. The maximum atomic E-state index is 12.9. The van der Waals surface area contributed by atoms with Crippen molar-refractivity contribution in [3.05, 3.63) is 94.5 Å². The number of rotatable bonds is 8. The Morgan fingerprint density at radius 1 is 0.829 bits per heavy atom. The van der Waals surface area contributed by atoms with Gasteiger partial charge in [0.05, 0.1) is 0 Å². The Kier molecular flexibility index (Phi) is 7.02. The molecule has 0 heterocycles. The van der Waals surface area contributed by atoms with Gasteiger partial charge in [0, 0.05) is 35.4 Å². The normalized spacial score (nSPS) is 13.9. The van der Waals surface area contributed by atoms with Gasteiger partial charge in [0.1, 0.15) is 5.71 Å². The zero-order valence-corrected chi connectivity index (χ0v) is 21.2. The van der Waals surface area contributed by atoms with E-state index in [0.717, 1.165) is 29.5 Å². The SMILES string of the molecule is CCC1(CC)c2cc(C(=O)CC(C)C)ccc2-c2ccc(C(=NOC(C)=O)c3ccccc3)cc21. The highest BCUT2D eigenvalue weighted by atomic mass is 16.7. The number of oxime groups is 1. The number of nitrogens with zero attached hydrogens (tertiary/aromatic N) is 1. The first-order valence-corrected chi connectivity index (χ1v) is 12.4. The van der Waals surface area contributed by atoms with Gasteiger partial charge in [-0.1, -0.05) is 87.4 Å². The van der Waals surface area contributed by atoms with Gasteiger partial charge in [-0.05, 0) is 53.1 Å². The minimum atomic E-state index is -0.456. The summed E-state index contributed by atoms with van der Waals surface area (Å²) in [6.07, 6.45) is 2.38. The summed E-state index contributed by atoms with van der Waals surface area (Å²) in [6, 6.07) is 22.3. The third-order valence-corrected chi connectivity index (χ3v) is 7.07. The van der Waals surface area contributed by atoms with Crippen LogP contribution in [0.2, 0.25) is 0 Å². The Hall–Kier alpha value is -3.53. The summed E-state index contributed by atoms with van der Waals surface area (Å²) >= 11 is 0. The fourth-order valence-corrected chi connectivity index (χ4v) is 5.29. The molecule has 0 spiro atoms. The van der Waals surface area contributed by atoms with Crippen LogP contribution >= 0.6 is 0 Å². The largest absolute Gasteiger partial charge is 0.332 e. The summed E-state index contributed by atoms with van der Waals surface area (Å²) in [4.78, 5) is 29.5. The van der Waals surface area contributed by atoms with Gasteiger partial charge in [-0.25, -0.2) is 4.79 Å². The van der Waals surface area contributed by atoms with Crippen molar-refractivity contribution >= 4 is 17.5 Å². The molecule has 4 heteroatoms. The molecule has 0 aromatic heterocycles. The molecule has 0 atom stereocenters. The summed E-state index contributed by atoms with van der Waals surface area (Å²) < 4.78 is 0. The molecular formula is C31H33NO3. The predicted octanol–water partition coefficient (Wildman–Crippen LogP) is 7.32. The first-order valence-electron chi connectivity index (χ1n) is 12.4. The number of hydrogen-bond acceptors (Lipinski definition) is 4. The Morgan fingerprint density at radius 3 is 1.94 bits per heavy atom. The number of Topliss-reactive ketones (excluding diaryl/α,β-unsaturated/α-hetero) is 1. The molecule has 35 heavy (non-hydrogen) atoms. The van der Waals surface area contributed by atoms with Crippen LogP contribution in [-0.4, -0.2) is 17.5 Å². The lowest BCUT2D eigenvalue weighted by molar-refractivity contribution is -0.140. The Labute approximate surface area is 208 Å². The van der Waals surface area contributed by atoms with E-state index in [-0.39, 0.29) is 11.2 Å². The lowest BCUT2D eigenvalue weighted by Gasteiger charge is -2.30. The van der Waals surface area contributed by atoms with Crippen molar-refractivity contribution in [2.24, 2.45) is 11.1 Å². The van der Waals surface area contributed by atoms with Gasteiger partial charge >= 0.3 is 5.97 Å². The van der Waals surface area contributed by atoms with Crippen LogP contribution in [0.15, 0.2) is 71.9 Å². The van der Waals surface area contributed by atoms with E-state index in [9.17, 15) is 9.59 Å². The quantitative estimate of drug-likeness (QED) is 0.151. The molecule has 4 rings (SSSR count). The van der Waals surface area contributed by atoms with Crippen molar-refractivity contribution in [1.82, 2.24) is 0 Å². The standard InChI is InChI=1S/C31H33NO3/c1-6-31(7-2)27-18-23(29(34)17-20(3)4)13-15-25(27)26-16-14-24(19-28(26)31)30(32-35-21(5)33)22-11-9-8-10-12-22/h8-16,18-20H,6-7,17H2,1-5H3. The van der Waals surface area contributed by atoms with Crippen molar-refractivity contribution in [3.63, 3.8) is 0 Å². The number of hydrogen-bond donors (Lipinski definition) is 0. The molecule has 3 aromatic carbocycles. The van der Waals surface area contributed by atoms with E-state index in [1.54, 1.807) is 0 Å². The zero-order chi connectivity index (χ0) is 25.2. The molecule has 0 amide bonds. The molecule has 180 valence electrons. The van der Waals surface area contributed by atoms with E-state index in [2.05, 4.69) is 57.1 Å². The molecule has 0 saturated carbocycles. The Bertz CT molecular complexity index is 1280. The number of ketones is 1. The Balaban J connectivity index is 1.86. The van der Waals surface area contributed by atoms with E-state index < -0.39 is 5.97 Å². The molecule has 1 aliphatic carbocycles. The monoisotopic (exact) mass is 467 g/mol. The molecule has 0 saturated heterocycles. The van der Waals surface area contributed by atoms with Crippen molar-refractivity contribution in [2.45, 2.75) is 59.3 Å². The van der Waals surface area contributed by atoms with Crippen LogP contribution in [0.1, 0.15) is 86.5 Å². The number of carbonyl (C=O) groups excluding carboxylic acids is 2. The van der Waals surface area contributed by atoms with Crippen molar-refractivity contribution in [1.29, 1.82) is 0 Å². The second kappa shape index (κ2) is 9.99. The first-order chi connectivity index (χ1) is 16.8. The van der Waals surface area contributed by atoms with E-state index in [1.165, 1.54) is 29.2 Å². The van der Waals surface area contributed by atoms with Gasteiger partial charge in [-0.3, -0.25) is 4.79 Å². The van der Waals surface area contributed by atoms with Gasteiger partial charge in [-0.2, -0.15) is 0 Å². The maximum Gasteiger partial charge on any atom is 0.332 e. The molecular weight excluding hydrogens is 434 g/mol. The van der Waals surface area contributed by atoms with Crippen LogP contribution in [0.5, 0.6) is 0 Å². The molecule has 4 nitrogen and oxygen atoms in total. The fraction of sp³-hybridized carbons (Fsp3) is 0.323. The van der Waals surface area contributed by atoms with E-state index in [4.69, 9.17) is 4.84 Å². The van der Waals surface area contributed by atoms with Crippen molar-refractivity contribution < 1.29 is 14.4 Å². The summed E-state index contributed by atoms with van der Waals surface area (Å²) in [5.41, 5.74) is 7.82. The summed E-state index contributed by atoms with van der Waals surface area (Å²) in [5.74, 6) is 0.0630. The van der Waals surface area contributed by atoms with Gasteiger partial charge < -0.3 is 4.84 Å². The van der Waals surface area contributed by atoms with Crippen molar-refractivity contribution in [2.75, 3.05) is 0 Å². The Morgan fingerprint density at radius 2 is 1.40 bits per heavy atom. The second-order valence-electron chi connectivity index (χ2n) is 9.72. The lowest BCUT2D eigenvalue weighted by Crippen LogP contribution is -2.24. The first kappa shape index (κ1) is 24.6. The zero-order valence-electron chi connectivity index (χ0n) is 21.2. The van der Waals surface area contributed by atoms with Crippen LogP contribution in [0.25, 0.3) is 11.1 Å². The van der Waals surface area contributed by atoms with Crippen LogP contribution in [-0.2, 0) is 15.0 Å². The van der Waals surface area contributed by atoms with Gasteiger partial charge in [0.2, 0.25) is 0 Å². The summed E-state index contributed by atoms with van der Waals surface area (Å²) in [7, 11) is 0. The lowest BCUT2D eigenvalue weighted by atomic mass is 9.73. The van der Waals surface area contributed by atoms with Crippen LogP contribution < -0.4 is 0 Å². The average Bonchev–Trinajstić information content (AvgIpc) is 3.13. The highest BCUT2D eigenvalue weighted by Crippen LogP contribution is 2.53. The molecule has 0 unspecified atom stereocenters. The van der Waals surface area contributed by atoms with E-state index in [1.807, 2.05) is 42.5 Å². The average molecular weight is 468 g/mol. The highest BCUT2D eigenvalue weighted by Gasteiger charge is 2.41. The molecule has 3 aromatic rings. The fourth-order valence-electron chi connectivity index (χ4n) is 5.29. The van der Waals surface area contributed by atoms with E-state index in [0.29, 0.717) is 18.1 Å². The molecule has 0 radical (unpaired) electrons. The van der Waals surface area contributed by atoms with Gasteiger partial charge in [0.15, 0.2) is 5.78 Å². The third-order valence-electron chi connectivity index (χ3n) is 7.07. The molecule has 0 fully saturated rings. The number of fused-ring (bicyclic) bond motifs is 3. The van der Waals surface area contributed by atoms with Gasteiger partial charge in [-0.15, -0.1) is 0 Å². The minimum absolute atomic E-state index is 0.195. The predicted molar refractivity (Wildman–Crippen MR) is 141 cm³/mol. The molecule has 1 aliphatic rings. The number of benzene rings is 3. The summed E-state index contributed by atoms with van der Waals surface area (Å²) in [6.45, 7) is 9.92. The highest BCUT2D eigenvalue weighted by molar-refractivity contribution is 6.13. The van der Waals surface area contributed by atoms with E-state index >= 15 is 0 Å². The topological polar surface area (TPSA) is 55.7 Å². The van der Waals surface area contributed by atoms with Crippen LogP contribution in [0.4, 0.5) is 0 Å². The third kappa shape index (κ3) is 4.58. The van der Waals surface area contributed by atoms with Crippen LogP contribution in [0.3, 0.4) is 0 Å². The molecule has 0 N–H and O–H groups in total. The minimum Gasteiger partial charge on any atom is -0.318 e. The smallest absolute Gasteiger partial charge is 0.318 e. The second-order valence-corrected chi connectivity index (χ2v) is 9.72. The van der Waals surface area contributed by atoms with Crippen molar-refractivity contribution in [3.8, 4) is 11.1 Å². The van der Waals surface area contributed by atoms with Crippen LogP contribution in [0, 0.1) is 5.92 Å². The molecule has 0 bridgehead atoms. The summed E-state index contributed by atoms with van der Waals surface area (Å²) in [5, 5.41) is 4.23. The maximum absolute atomic E-state index is 12.9.